The highest BCUT2D eigenvalue weighted by molar-refractivity contribution is 7.89. The normalized spacial score (nSPS) is 28.3. The van der Waals surface area contributed by atoms with Gasteiger partial charge in [0.1, 0.15) is 0 Å². The topological polar surface area (TPSA) is 52.6 Å². The van der Waals surface area contributed by atoms with E-state index in [-0.39, 0.29) is 0 Å². The Morgan fingerprint density at radius 2 is 1.13 bits per heavy atom. The van der Waals surface area contributed by atoms with Crippen molar-refractivity contribution in [3.8, 4) is 0 Å². The maximum absolute atomic E-state index is 13.3. The molecule has 1 aliphatic rings. The van der Waals surface area contributed by atoms with Crippen molar-refractivity contribution in [1.82, 2.24) is 0 Å². The second-order valence-electron chi connectivity index (χ2n) is 3.86. The number of ether oxygens (including phenoxy) is 1. The van der Waals surface area contributed by atoms with Crippen molar-refractivity contribution in [2.75, 3.05) is 0 Å². The molecule has 1 unspecified atom stereocenters. The molecule has 1 fully saturated rings. The summed E-state index contributed by atoms with van der Waals surface area (Å²) < 4.78 is 174. The van der Waals surface area contributed by atoms with Crippen LogP contribution in [-0.2, 0) is 19.0 Å². The van der Waals surface area contributed by atoms with Crippen LogP contribution in [0.1, 0.15) is 0 Å². The van der Waals surface area contributed by atoms with Crippen molar-refractivity contribution in [2.45, 2.75) is 35.4 Å². The van der Waals surface area contributed by atoms with Crippen molar-refractivity contribution in [3.63, 3.8) is 0 Å². The van der Waals surface area contributed by atoms with Crippen LogP contribution in [0.15, 0.2) is 0 Å². The molecule has 0 spiro atoms. The third-order valence-electron chi connectivity index (χ3n) is 2.31. The van der Waals surface area contributed by atoms with Crippen LogP contribution in [0.5, 0.6) is 0 Å². The summed E-state index contributed by atoms with van der Waals surface area (Å²) in [6.07, 6.45) is -28.0. The van der Waals surface area contributed by atoms with Gasteiger partial charge in [-0.25, -0.2) is 4.39 Å². The molecule has 1 saturated heterocycles. The largest absolute Gasteiger partial charge is 0.458 e. The summed E-state index contributed by atoms with van der Waals surface area (Å²) in [6, 6.07) is 0. The third kappa shape index (κ3) is 2.43. The second-order valence-corrected chi connectivity index (χ2v) is 5.50. The Morgan fingerprint density at radius 3 is 1.35 bits per heavy atom. The summed E-state index contributed by atoms with van der Waals surface area (Å²) in [6.45, 7) is 0. The average Bonchev–Trinajstić information content (AvgIpc) is 2.21. The Morgan fingerprint density at radius 1 is 0.783 bits per heavy atom. The molecule has 0 saturated carbocycles. The maximum atomic E-state index is 13.3. The third-order valence-corrected chi connectivity index (χ3v) is 3.90. The summed E-state index contributed by atoms with van der Waals surface area (Å²) in [5, 5.41) is -6.53. The molecule has 0 bridgehead atoms. The van der Waals surface area contributed by atoms with Gasteiger partial charge in [0, 0.05) is 0 Å². The number of hydrogen-bond donors (Lipinski definition) is 0. The molecule has 0 N–H and O–H groups in total. The van der Waals surface area contributed by atoms with E-state index < -0.39 is 45.5 Å². The van der Waals surface area contributed by atoms with Crippen LogP contribution in [0, 0.1) is 0 Å². The summed E-state index contributed by atoms with van der Waals surface area (Å²) in [5.41, 5.74) is 0. The van der Waals surface area contributed by atoms with Crippen molar-refractivity contribution < 1.29 is 70.0 Å². The van der Waals surface area contributed by atoms with Gasteiger partial charge in [-0.1, -0.05) is 0 Å². The Labute approximate surface area is 117 Å². The van der Waals surface area contributed by atoms with Crippen molar-refractivity contribution in [1.29, 1.82) is 0 Å². The summed E-state index contributed by atoms with van der Waals surface area (Å²) in [7, 11) is -6.74. The minimum absolute atomic E-state index is 1.57. The Balaban J connectivity index is 3.45. The highest BCUT2D eigenvalue weighted by atomic mass is 32.2. The zero-order valence-corrected chi connectivity index (χ0v) is 10.4. The van der Waals surface area contributed by atoms with Gasteiger partial charge in [0.05, 0.1) is 0 Å². The molecule has 0 radical (unpaired) electrons. The summed E-state index contributed by atoms with van der Waals surface area (Å²) >= 11 is 0. The predicted octanol–water partition coefficient (Wildman–Crippen LogP) is 3.00. The maximum Gasteiger partial charge on any atom is 0.458 e. The fourth-order valence-electron chi connectivity index (χ4n) is 1.19. The molecule has 0 aromatic heterocycles. The molecule has 0 aliphatic carbocycles. The lowest BCUT2D eigenvalue weighted by atomic mass is 10.2. The van der Waals surface area contributed by atoms with Crippen LogP contribution in [0.25, 0.3) is 0 Å². The lowest BCUT2D eigenvalue weighted by Gasteiger charge is -2.44. The number of hydrogen-bond acceptors (Lipinski definition) is 4. The van der Waals surface area contributed by atoms with E-state index in [0.717, 1.165) is 0 Å². The van der Waals surface area contributed by atoms with E-state index in [1.807, 2.05) is 0 Å². The first-order valence-corrected chi connectivity index (χ1v) is 5.99. The first-order chi connectivity index (χ1) is 9.66. The minimum Gasteiger partial charge on any atom is -0.263 e. The number of halogens is 12. The SMILES string of the molecule is O=S1(=O)OC(F)(F)C1(F)C(F)(F)OC(F)(C(F)(F)F)C(F)(F)F. The molecule has 0 aromatic rings. The Bertz CT molecular complexity index is 576. The highest BCUT2D eigenvalue weighted by Gasteiger charge is 2.93. The van der Waals surface area contributed by atoms with E-state index in [1.165, 1.54) is 0 Å². The average molecular weight is 396 g/mol. The molecule has 138 valence electrons. The Hall–Kier alpha value is -0.970. The lowest BCUT2D eigenvalue weighted by molar-refractivity contribution is -0.506. The van der Waals surface area contributed by atoms with E-state index >= 15 is 0 Å². The van der Waals surface area contributed by atoms with Gasteiger partial charge in [-0.05, 0) is 0 Å². The van der Waals surface area contributed by atoms with Gasteiger partial charge in [0.25, 0.3) is 0 Å². The second kappa shape index (κ2) is 4.56. The van der Waals surface area contributed by atoms with Crippen LogP contribution in [-0.4, -0.2) is 43.8 Å². The number of alkyl halides is 12. The molecular formula is C6F12O4S. The van der Waals surface area contributed by atoms with Crippen LogP contribution >= 0.6 is 0 Å². The smallest absolute Gasteiger partial charge is 0.263 e. The lowest BCUT2D eigenvalue weighted by Crippen LogP contribution is -2.75. The zero-order chi connectivity index (χ0) is 18.9. The van der Waals surface area contributed by atoms with Crippen molar-refractivity contribution in [2.24, 2.45) is 0 Å². The van der Waals surface area contributed by atoms with Gasteiger partial charge in [-0.15, -0.1) is 0 Å². The van der Waals surface area contributed by atoms with Gasteiger partial charge in [-0.3, -0.25) is 4.74 Å². The fourth-order valence-corrected chi connectivity index (χ4v) is 2.25. The van der Waals surface area contributed by atoms with Crippen molar-refractivity contribution >= 4 is 10.1 Å². The first kappa shape index (κ1) is 20.1. The molecule has 17 heteroatoms. The van der Waals surface area contributed by atoms with Crippen LogP contribution in [0.4, 0.5) is 52.7 Å². The molecular weight excluding hydrogens is 396 g/mol. The van der Waals surface area contributed by atoms with E-state index in [2.05, 4.69) is 4.18 Å². The van der Waals surface area contributed by atoms with Gasteiger partial charge < -0.3 is 0 Å². The monoisotopic (exact) mass is 396 g/mol. The van der Waals surface area contributed by atoms with E-state index in [1.54, 1.807) is 4.74 Å². The summed E-state index contributed by atoms with van der Waals surface area (Å²) in [5.74, 6) is -7.36. The molecule has 1 rings (SSSR count). The first-order valence-electron chi connectivity index (χ1n) is 4.58. The molecule has 23 heavy (non-hydrogen) atoms. The van der Waals surface area contributed by atoms with Crippen LogP contribution < -0.4 is 0 Å². The Kier molecular flexibility index (Phi) is 3.98. The standard InChI is InChI=1S/C6F12O4S/c7-1(3(9,10)11,4(12,13)14)21-5(15,16)2(8)6(17,18)22-23(2,19)20. The van der Waals surface area contributed by atoms with E-state index in [9.17, 15) is 61.1 Å². The molecule has 1 aliphatic heterocycles. The van der Waals surface area contributed by atoms with Gasteiger partial charge >= 0.3 is 45.5 Å². The molecule has 4 nitrogen and oxygen atoms in total. The van der Waals surface area contributed by atoms with Crippen molar-refractivity contribution in [3.05, 3.63) is 0 Å². The molecule has 1 atom stereocenters. The van der Waals surface area contributed by atoms with Gasteiger partial charge in [0.15, 0.2) is 0 Å². The quantitative estimate of drug-likeness (QED) is 0.544. The van der Waals surface area contributed by atoms with Crippen LogP contribution in [0.3, 0.4) is 0 Å². The van der Waals surface area contributed by atoms with Gasteiger partial charge in [-0.2, -0.15) is 60.9 Å². The minimum atomic E-state index is -7.36. The number of rotatable bonds is 3. The molecule has 1 heterocycles. The zero-order valence-electron chi connectivity index (χ0n) is 9.58. The van der Waals surface area contributed by atoms with E-state index in [0.29, 0.717) is 0 Å². The summed E-state index contributed by atoms with van der Waals surface area (Å²) in [4.78, 5) is 0. The van der Waals surface area contributed by atoms with Gasteiger partial charge in [0.2, 0.25) is 0 Å². The van der Waals surface area contributed by atoms with E-state index in [4.69, 9.17) is 0 Å². The molecule has 0 aromatic carbocycles. The molecule has 0 amide bonds. The highest BCUT2D eigenvalue weighted by Crippen LogP contribution is 2.61. The van der Waals surface area contributed by atoms with Crippen LogP contribution in [0.2, 0.25) is 0 Å². The predicted molar refractivity (Wildman–Crippen MR) is 40.8 cm³/mol. The fraction of sp³-hybridized carbons (Fsp3) is 1.00.